The normalized spacial score (nSPS) is 11.7. The first kappa shape index (κ1) is 24.9. The monoisotopic (exact) mass is 463 g/mol. The summed E-state index contributed by atoms with van der Waals surface area (Å²) in [5, 5.41) is 10.8. The number of benzene rings is 2. The lowest BCUT2D eigenvalue weighted by atomic mass is 10.2. The van der Waals surface area contributed by atoms with E-state index in [9.17, 15) is 9.59 Å². The number of Topliss-reactive ketones (excluding diaryl/α,β-unsaturated/α-hetero) is 1. The fourth-order valence-electron chi connectivity index (χ4n) is 2.69. The number of carbonyl (C=O) groups is 2. The molecule has 10 heteroatoms. The number of anilines is 1. The number of hydrogen-bond donors (Lipinski definition) is 1. The Bertz CT molecular complexity index is 996. The van der Waals surface area contributed by atoms with Crippen LogP contribution in [0.5, 0.6) is 23.0 Å². The first-order valence-electron chi connectivity index (χ1n) is 9.87. The predicted octanol–water partition coefficient (Wildman–Crippen LogP) is 4.83. The van der Waals surface area contributed by atoms with Crippen LogP contribution in [0.4, 0.5) is 11.4 Å². The molecular formula is C22H26ClN3O6. The van der Waals surface area contributed by atoms with Crippen molar-refractivity contribution in [3.63, 3.8) is 0 Å². The van der Waals surface area contributed by atoms with Crippen LogP contribution in [0.25, 0.3) is 0 Å². The molecule has 0 aliphatic rings. The molecule has 0 bridgehead atoms. The summed E-state index contributed by atoms with van der Waals surface area (Å²) in [5.74, 6) is 0.518. The summed E-state index contributed by atoms with van der Waals surface area (Å²) in [4.78, 5) is 25.0. The van der Waals surface area contributed by atoms with E-state index in [0.717, 1.165) is 0 Å². The zero-order valence-corrected chi connectivity index (χ0v) is 19.4. The van der Waals surface area contributed by atoms with Crippen molar-refractivity contribution in [3.05, 3.63) is 35.4 Å². The van der Waals surface area contributed by atoms with E-state index in [-0.39, 0.29) is 10.7 Å². The molecule has 0 aliphatic heterocycles. The summed E-state index contributed by atoms with van der Waals surface area (Å²) in [6, 6.07) is 6.68. The highest BCUT2D eigenvalue weighted by atomic mass is 35.5. The van der Waals surface area contributed by atoms with E-state index < -0.39 is 17.7 Å². The number of ether oxygens (including phenoxy) is 4. The van der Waals surface area contributed by atoms with Crippen LogP contribution in [0, 0.1) is 0 Å². The van der Waals surface area contributed by atoms with Crippen LogP contribution >= 0.6 is 11.6 Å². The Balaban J connectivity index is 2.34. The summed E-state index contributed by atoms with van der Waals surface area (Å²) in [5.41, 5.74) is 0.535. The van der Waals surface area contributed by atoms with Gasteiger partial charge in [-0.25, -0.2) is 0 Å². The van der Waals surface area contributed by atoms with Crippen LogP contribution in [0.3, 0.4) is 0 Å². The van der Waals surface area contributed by atoms with E-state index in [1.165, 1.54) is 21.1 Å². The van der Waals surface area contributed by atoms with Gasteiger partial charge in [-0.2, -0.15) is 10.2 Å². The highest BCUT2D eigenvalue weighted by Gasteiger charge is 2.25. The van der Waals surface area contributed by atoms with E-state index in [1.807, 2.05) is 6.92 Å². The Morgan fingerprint density at radius 2 is 1.72 bits per heavy atom. The zero-order chi connectivity index (χ0) is 23.7. The van der Waals surface area contributed by atoms with Gasteiger partial charge in [0.05, 0.1) is 33.1 Å². The Hall–Kier alpha value is -3.33. The summed E-state index contributed by atoms with van der Waals surface area (Å²) in [7, 11) is 2.98. The van der Waals surface area contributed by atoms with Crippen LogP contribution in [0.1, 0.15) is 20.8 Å². The van der Waals surface area contributed by atoms with Crippen LogP contribution < -0.4 is 24.3 Å². The number of azo groups is 1. The average molecular weight is 464 g/mol. The lowest BCUT2D eigenvalue weighted by Crippen LogP contribution is -2.32. The lowest BCUT2D eigenvalue weighted by molar-refractivity contribution is -0.126. The number of ketones is 1. The van der Waals surface area contributed by atoms with Crippen molar-refractivity contribution in [2.45, 2.75) is 26.8 Å². The van der Waals surface area contributed by atoms with Crippen molar-refractivity contribution in [1.29, 1.82) is 0 Å². The molecule has 0 radical (unpaired) electrons. The smallest absolute Gasteiger partial charge is 0.258 e. The molecule has 0 fully saturated rings. The number of halogens is 1. The molecule has 1 N–H and O–H groups in total. The van der Waals surface area contributed by atoms with Crippen LogP contribution in [-0.2, 0) is 9.59 Å². The van der Waals surface area contributed by atoms with Crippen molar-refractivity contribution in [1.82, 2.24) is 0 Å². The van der Waals surface area contributed by atoms with E-state index >= 15 is 0 Å². The third kappa shape index (κ3) is 6.34. The molecular weight excluding hydrogens is 438 g/mol. The maximum atomic E-state index is 12.9. The van der Waals surface area contributed by atoms with Gasteiger partial charge in [0.15, 0.2) is 5.78 Å². The molecule has 172 valence electrons. The number of carbonyl (C=O) groups excluding carboxylic acids is 2. The molecule has 0 saturated heterocycles. The Morgan fingerprint density at radius 3 is 2.31 bits per heavy atom. The minimum atomic E-state index is -1.41. The fourth-order valence-corrected chi connectivity index (χ4v) is 2.90. The second-order valence-corrected chi connectivity index (χ2v) is 6.78. The maximum absolute atomic E-state index is 12.9. The van der Waals surface area contributed by atoms with Crippen molar-refractivity contribution in [2.75, 3.05) is 32.8 Å². The van der Waals surface area contributed by atoms with E-state index in [2.05, 4.69) is 15.5 Å². The largest absolute Gasteiger partial charge is 0.497 e. The first-order valence-corrected chi connectivity index (χ1v) is 10.3. The average Bonchev–Trinajstić information content (AvgIpc) is 2.77. The van der Waals surface area contributed by atoms with Gasteiger partial charge >= 0.3 is 0 Å². The van der Waals surface area contributed by atoms with Crippen LogP contribution in [-0.4, -0.2) is 45.2 Å². The van der Waals surface area contributed by atoms with Crippen molar-refractivity contribution < 1.29 is 28.5 Å². The molecule has 1 amide bonds. The maximum Gasteiger partial charge on any atom is 0.258 e. The SMILES string of the molecule is CCOc1cc(NC(=O)C(N=Nc2cc(OC)ccc2OC)C(C)=O)c(Cl)c(OCC)c1. The number of hydrogen-bond acceptors (Lipinski definition) is 8. The van der Waals surface area contributed by atoms with Gasteiger partial charge in [-0.1, -0.05) is 11.6 Å². The summed E-state index contributed by atoms with van der Waals surface area (Å²) in [6.07, 6.45) is 0. The molecule has 0 saturated carbocycles. The topological polar surface area (TPSA) is 108 Å². The van der Waals surface area contributed by atoms with E-state index in [4.69, 9.17) is 30.5 Å². The number of amides is 1. The number of rotatable bonds is 11. The molecule has 2 aromatic carbocycles. The van der Waals surface area contributed by atoms with Crippen LogP contribution in [0.15, 0.2) is 40.6 Å². The third-order valence-corrected chi connectivity index (χ3v) is 4.57. The van der Waals surface area contributed by atoms with Gasteiger partial charge in [0.25, 0.3) is 5.91 Å². The van der Waals surface area contributed by atoms with Crippen molar-refractivity contribution in [3.8, 4) is 23.0 Å². The third-order valence-electron chi connectivity index (χ3n) is 4.18. The van der Waals surface area contributed by atoms with Crippen LogP contribution in [0.2, 0.25) is 5.02 Å². The predicted molar refractivity (Wildman–Crippen MR) is 121 cm³/mol. The van der Waals surface area contributed by atoms with Gasteiger partial charge in [0, 0.05) is 18.2 Å². The lowest BCUT2D eigenvalue weighted by Gasteiger charge is -2.15. The highest BCUT2D eigenvalue weighted by Crippen LogP contribution is 2.37. The molecule has 1 unspecified atom stereocenters. The number of nitrogens with one attached hydrogen (secondary N) is 1. The summed E-state index contributed by atoms with van der Waals surface area (Å²) >= 11 is 6.37. The number of nitrogens with zero attached hydrogens (tertiary/aromatic N) is 2. The molecule has 9 nitrogen and oxygen atoms in total. The Labute approximate surface area is 191 Å². The standard InChI is InChI=1S/C22H26ClN3O6/c1-6-31-15-11-17(20(23)19(12-15)32-7-2)24-22(28)21(13(3)27)26-25-16-10-14(29-4)8-9-18(16)30-5/h8-12,21H,6-7H2,1-5H3,(H,24,28). The van der Waals surface area contributed by atoms with Gasteiger partial charge in [0.1, 0.15) is 33.7 Å². The van der Waals surface area contributed by atoms with E-state index in [0.29, 0.717) is 41.9 Å². The summed E-state index contributed by atoms with van der Waals surface area (Å²) < 4.78 is 21.4. The van der Waals surface area contributed by atoms with Crippen molar-refractivity contribution >= 4 is 34.7 Å². The minimum absolute atomic E-state index is 0.178. The first-order chi connectivity index (χ1) is 15.3. The zero-order valence-electron chi connectivity index (χ0n) is 18.6. The molecule has 0 spiro atoms. The van der Waals surface area contributed by atoms with E-state index in [1.54, 1.807) is 37.3 Å². The molecule has 32 heavy (non-hydrogen) atoms. The van der Waals surface area contributed by atoms with Gasteiger partial charge in [-0.3, -0.25) is 9.59 Å². The molecule has 2 aromatic rings. The minimum Gasteiger partial charge on any atom is -0.497 e. The molecule has 0 aromatic heterocycles. The fraction of sp³-hybridized carbons (Fsp3) is 0.364. The van der Waals surface area contributed by atoms with Gasteiger partial charge in [-0.05, 0) is 32.9 Å². The second-order valence-electron chi connectivity index (χ2n) is 6.40. The number of methoxy groups -OCH3 is 2. The highest BCUT2D eigenvalue weighted by molar-refractivity contribution is 6.35. The van der Waals surface area contributed by atoms with Crippen molar-refractivity contribution in [2.24, 2.45) is 10.2 Å². The Kier molecular flexibility index (Phi) is 9.27. The van der Waals surface area contributed by atoms with Gasteiger partial charge in [0.2, 0.25) is 6.04 Å². The Morgan fingerprint density at radius 1 is 1.00 bits per heavy atom. The molecule has 0 heterocycles. The van der Waals surface area contributed by atoms with Gasteiger partial charge in [-0.15, -0.1) is 0 Å². The van der Waals surface area contributed by atoms with Gasteiger partial charge < -0.3 is 24.3 Å². The molecule has 2 rings (SSSR count). The summed E-state index contributed by atoms with van der Waals surface area (Å²) in [6.45, 7) is 5.66. The molecule has 0 aliphatic carbocycles. The molecule has 1 atom stereocenters. The second kappa shape index (κ2) is 11.9. The quantitative estimate of drug-likeness (QED) is 0.377.